The molecule has 0 spiro atoms. The maximum absolute atomic E-state index is 12.1. The predicted molar refractivity (Wildman–Crippen MR) is 73.5 cm³/mol. The summed E-state index contributed by atoms with van der Waals surface area (Å²) in [5.74, 6) is -0.155. The Bertz CT molecular complexity index is 353. The number of hydrogen-bond donors (Lipinski definition) is 0. The number of esters is 1. The van der Waals surface area contributed by atoms with Crippen LogP contribution in [0.5, 0.6) is 0 Å². The topological polar surface area (TPSA) is 49.9 Å². The minimum atomic E-state index is -0.238. The molecule has 5 nitrogen and oxygen atoms in total. The van der Waals surface area contributed by atoms with E-state index in [1.54, 1.807) is 4.90 Å². The Kier molecular flexibility index (Phi) is 6.56. The van der Waals surface area contributed by atoms with Crippen molar-refractivity contribution in [2.24, 2.45) is 0 Å². The minimum Gasteiger partial charge on any atom is -0.469 e. The summed E-state index contributed by atoms with van der Waals surface area (Å²) in [5.41, 5.74) is 1.12. The number of allylic oxidation sites excluding steroid dienone is 2. The first-order chi connectivity index (χ1) is 9.08. The van der Waals surface area contributed by atoms with Gasteiger partial charge >= 0.3 is 5.97 Å². The van der Waals surface area contributed by atoms with Gasteiger partial charge in [0, 0.05) is 19.3 Å². The van der Waals surface area contributed by atoms with Gasteiger partial charge in [-0.1, -0.05) is 13.0 Å². The molecule has 1 aliphatic carbocycles. The van der Waals surface area contributed by atoms with Gasteiger partial charge in [-0.3, -0.25) is 14.5 Å². The molecule has 1 aliphatic rings. The van der Waals surface area contributed by atoms with Crippen LogP contribution in [0.1, 0.15) is 32.6 Å². The fourth-order valence-corrected chi connectivity index (χ4v) is 2.12. The number of carbonyl (C=O) groups is 2. The van der Waals surface area contributed by atoms with Crippen LogP contribution in [0.15, 0.2) is 11.8 Å². The fraction of sp³-hybridized carbons (Fsp3) is 0.714. The lowest BCUT2D eigenvalue weighted by atomic mass is 10.3. The summed E-state index contributed by atoms with van der Waals surface area (Å²) in [6.45, 7) is 3.64. The standard InChI is InChI=1S/C14H24N2O3/c1-4-16(10-9-14(18)19-3)11-13(17)15(2)12-7-5-6-8-12/h7H,4-6,8-11H2,1-3H3. The van der Waals surface area contributed by atoms with Gasteiger partial charge in [0.25, 0.3) is 0 Å². The molecule has 0 atom stereocenters. The van der Waals surface area contributed by atoms with E-state index in [9.17, 15) is 9.59 Å². The quantitative estimate of drug-likeness (QED) is 0.655. The van der Waals surface area contributed by atoms with Gasteiger partial charge in [-0.25, -0.2) is 0 Å². The zero-order valence-corrected chi connectivity index (χ0v) is 12.1. The zero-order chi connectivity index (χ0) is 14.3. The van der Waals surface area contributed by atoms with Crippen molar-refractivity contribution >= 4 is 11.9 Å². The number of carbonyl (C=O) groups excluding carboxylic acids is 2. The number of hydrogen-bond acceptors (Lipinski definition) is 4. The van der Waals surface area contributed by atoms with Crippen LogP contribution in [-0.2, 0) is 14.3 Å². The van der Waals surface area contributed by atoms with Crippen LogP contribution in [0.4, 0.5) is 0 Å². The van der Waals surface area contributed by atoms with E-state index in [4.69, 9.17) is 0 Å². The smallest absolute Gasteiger partial charge is 0.306 e. The summed E-state index contributed by atoms with van der Waals surface area (Å²) in [6, 6.07) is 0. The van der Waals surface area contributed by atoms with Crippen LogP contribution in [0, 0.1) is 0 Å². The van der Waals surface area contributed by atoms with Crippen molar-refractivity contribution in [3.8, 4) is 0 Å². The van der Waals surface area contributed by atoms with E-state index < -0.39 is 0 Å². The van der Waals surface area contributed by atoms with E-state index in [0.717, 1.165) is 31.5 Å². The summed E-state index contributed by atoms with van der Waals surface area (Å²) in [5, 5.41) is 0. The van der Waals surface area contributed by atoms with E-state index in [0.29, 0.717) is 19.5 Å². The van der Waals surface area contributed by atoms with Crippen LogP contribution in [0.2, 0.25) is 0 Å². The average molecular weight is 268 g/mol. The Morgan fingerprint density at radius 2 is 2.16 bits per heavy atom. The van der Waals surface area contributed by atoms with Gasteiger partial charge < -0.3 is 9.64 Å². The van der Waals surface area contributed by atoms with Crippen molar-refractivity contribution in [2.45, 2.75) is 32.6 Å². The molecule has 0 saturated heterocycles. The Morgan fingerprint density at radius 1 is 1.42 bits per heavy atom. The van der Waals surface area contributed by atoms with Gasteiger partial charge in [-0.05, 0) is 25.8 Å². The molecule has 0 N–H and O–H groups in total. The normalized spacial score (nSPS) is 14.4. The highest BCUT2D eigenvalue weighted by molar-refractivity contribution is 5.80. The zero-order valence-electron chi connectivity index (χ0n) is 12.1. The summed E-state index contributed by atoms with van der Waals surface area (Å²) in [4.78, 5) is 27.0. The van der Waals surface area contributed by atoms with Crippen LogP contribution in [0.25, 0.3) is 0 Å². The van der Waals surface area contributed by atoms with Crippen molar-refractivity contribution in [3.05, 3.63) is 11.8 Å². The van der Waals surface area contributed by atoms with Gasteiger partial charge in [0.2, 0.25) is 5.91 Å². The Morgan fingerprint density at radius 3 is 2.68 bits per heavy atom. The van der Waals surface area contributed by atoms with Crippen molar-refractivity contribution in [2.75, 3.05) is 33.8 Å². The summed E-state index contributed by atoms with van der Waals surface area (Å²) in [6.07, 6.45) is 5.63. The van der Waals surface area contributed by atoms with E-state index in [-0.39, 0.29) is 11.9 Å². The highest BCUT2D eigenvalue weighted by Gasteiger charge is 2.18. The van der Waals surface area contributed by atoms with E-state index in [1.165, 1.54) is 7.11 Å². The lowest BCUT2D eigenvalue weighted by molar-refractivity contribution is -0.141. The molecule has 0 aliphatic heterocycles. The van der Waals surface area contributed by atoms with E-state index >= 15 is 0 Å². The molecule has 0 radical (unpaired) electrons. The van der Waals surface area contributed by atoms with Gasteiger partial charge in [-0.15, -0.1) is 0 Å². The minimum absolute atomic E-state index is 0.0832. The van der Waals surface area contributed by atoms with Crippen LogP contribution in [0.3, 0.4) is 0 Å². The SMILES string of the molecule is CCN(CCC(=O)OC)CC(=O)N(C)C1=CCCC1. The average Bonchev–Trinajstić information content (AvgIpc) is 2.95. The first kappa shape index (κ1) is 15.7. The van der Waals surface area contributed by atoms with Crippen molar-refractivity contribution in [1.29, 1.82) is 0 Å². The highest BCUT2D eigenvalue weighted by atomic mass is 16.5. The lowest BCUT2D eigenvalue weighted by Gasteiger charge is -2.24. The molecule has 0 fully saturated rings. The van der Waals surface area contributed by atoms with Gasteiger partial charge in [-0.2, -0.15) is 0 Å². The molecule has 0 heterocycles. The second-order valence-corrected chi connectivity index (χ2v) is 4.74. The lowest BCUT2D eigenvalue weighted by Crippen LogP contribution is -2.38. The Balaban J connectivity index is 2.41. The molecule has 0 unspecified atom stereocenters. The van der Waals surface area contributed by atoms with Gasteiger partial charge in [0.05, 0.1) is 20.1 Å². The molecule has 1 amide bonds. The summed E-state index contributed by atoms with van der Waals surface area (Å²) >= 11 is 0. The van der Waals surface area contributed by atoms with Crippen LogP contribution < -0.4 is 0 Å². The molecular weight excluding hydrogens is 244 g/mol. The summed E-state index contributed by atoms with van der Waals surface area (Å²) < 4.78 is 4.61. The second kappa shape index (κ2) is 7.94. The largest absolute Gasteiger partial charge is 0.469 e. The van der Waals surface area contributed by atoms with Gasteiger partial charge in [0.15, 0.2) is 0 Å². The van der Waals surface area contributed by atoms with Crippen molar-refractivity contribution in [3.63, 3.8) is 0 Å². The molecular formula is C14H24N2O3. The molecule has 5 heteroatoms. The monoisotopic (exact) mass is 268 g/mol. The third kappa shape index (κ3) is 5.03. The second-order valence-electron chi connectivity index (χ2n) is 4.74. The number of likely N-dealkylation sites (N-methyl/N-ethyl adjacent to an activating group) is 2. The number of nitrogens with zero attached hydrogens (tertiary/aromatic N) is 2. The predicted octanol–water partition coefficient (Wildman–Crippen LogP) is 1.40. The maximum atomic E-state index is 12.1. The Labute approximate surface area is 115 Å². The van der Waals surface area contributed by atoms with E-state index in [1.807, 2.05) is 18.9 Å². The highest BCUT2D eigenvalue weighted by Crippen LogP contribution is 2.20. The molecule has 108 valence electrons. The molecule has 0 aromatic rings. The molecule has 0 aromatic carbocycles. The molecule has 0 saturated carbocycles. The summed E-state index contributed by atoms with van der Waals surface area (Å²) in [7, 11) is 3.21. The first-order valence-electron chi connectivity index (χ1n) is 6.83. The first-order valence-corrected chi connectivity index (χ1v) is 6.83. The third-order valence-electron chi connectivity index (χ3n) is 3.49. The maximum Gasteiger partial charge on any atom is 0.306 e. The van der Waals surface area contributed by atoms with E-state index in [2.05, 4.69) is 10.8 Å². The number of amides is 1. The molecule has 0 aromatic heterocycles. The number of ether oxygens (including phenoxy) is 1. The molecule has 0 bridgehead atoms. The van der Waals surface area contributed by atoms with Crippen LogP contribution >= 0.6 is 0 Å². The molecule has 19 heavy (non-hydrogen) atoms. The third-order valence-corrected chi connectivity index (χ3v) is 3.49. The number of rotatable bonds is 7. The fourth-order valence-electron chi connectivity index (χ4n) is 2.12. The van der Waals surface area contributed by atoms with Crippen molar-refractivity contribution in [1.82, 2.24) is 9.80 Å². The molecule has 1 rings (SSSR count). The van der Waals surface area contributed by atoms with Gasteiger partial charge in [0.1, 0.15) is 0 Å². The Hall–Kier alpha value is -1.36. The van der Waals surface area contributed by atoms with Crippen molar-refractivity contribution < 1.29 is 14.3 Å². The number of methoxy groups -OCH3 is 1. The van der Waals surface area contributed by atoms with Crippen LogP contribution in [-0.4, -0.2) is 55.5 Å².